The molecule has 0 fully saturated rings. The zero-order valence-electron chi connectivity index (χ0n) is 16.4. The minimum atomic E-state index is -0.234. The predicted molar refractivity (Wildman–Crippen MR) is 122 cm³/mol. The minimum absolute atomic E-state index is 0. The van der Waals surface area contributed by atoms with Gasteiger partial charge in [-0.05, 0) is 50.1 Å². The number of anilines is 1. The first-order valence-corrected chi connectivity index (χ1v) is 8.98. The molecule has 6 nitrogen and oxygen atoms in total. The number of amides is 1. The number of pyridine rings is 1. The molecule has 2 aromatic rings. The number of carbonyl (C=O) groups is 1. The number of hydrogen-bond donors (Lipinski definition) is 3. The van der Waals surface area contributed by atoms with Gasteiger partial charge in [0.05, 0.1) is 6.54 Å². The molecule has 1 amide bonds. The molecule has 1 heterocycles. The number of hydrogen-bond acceptors (Lipinski definition) is 3. The lowest BCUT2D eigenvalue weighted by Gasteiger charge is -2.11. The SMILES string of the molecule is CCNC(=NCc1ccc(C)c(F)c1)NCCC(=O)Nc1cccc(C)n1.I. The molecule has 0 spiro atoms. The van der Waals surface area contributed by atoms with Crippen molar-refractivity contribution in [1.82, 2.24) is 15.6 Å². The summed E-state index contributed by atoms with van der Waals surface area (Å²) in [6.45, 7) is 7.02. The summed E-state index contributed by atoms with van der Waals surface area (Å²) in [5, 5.41) is 8.99. The van der Waals surface area contributed by atoms with Crippen LogP contribution in [0.3, 0.4) is 0 Å². The van der Waals surface area contributed by atoms with Gasteiger partial charge in [0.15, 0.2) is 5.96 Å². The van der Waals surface area contributed by atoms with Gasteiger partial charge in [-0.25, -0.2) is 14.4 Å². The van der Waals surface area contributed by atoms with Gasteiger partial charge in [-0.3, -0.25) is 4.79 Å². The minimum Gasteiger partial charge on any atom is -0.357 e. The van der Waals surface area contributed by atoms with Crippen LogP contribution in [0.4, 0.5) is 10.2 Å². The van der Waals surface area contributed by atoms with Gasteiger partial charge in [0.2, 0.25) is 5.91 Å². The molecule has 0 radical (unpaired) electrons. The van der Waals surface area contributed by atoms with Gasteiger partial charge >= 0.3 is 0 Å². The summed E-state index contributed by atoms with van der Waals surface area (Å²) in [5.41, 5.74) is 2.25. The van der Waals surface area contributed by atoms with Crippen LogP contribution in [0, 0.1) is 19.7 Å². The van der Waals surface area contributed by atoms with Crippen LogP contribution in [0.2, 0.25) is 0 Å². The Bertz CT molecular complexity index is 813. The quantitative estimate of drug-likeness (QED) is 0.310. The molecule has 0 saturated carbocycles. The first-order valence-electron chi connectivity index (χ1n) is 8.98. The van der Waals surface area contributed by atoms with Crippen LogP contribution in [0.5, 0.6) is 0 Å². The Morgan fingerprint density at radius 3 is 2.64 bits per heavy atom. The molecule has 1 aromatic carbocycles. The van der Waals surface area contributed by atoms with E-state index in [1.807, 2.05) is 32.0 Å². The summed E-state index contributed by atoms with van der Waals surface area (Å²) >= 11 is 0. The lowest BCUT2D eigenvalue weighted by molar-refractivity contribution is -0.116. The zero-order valence-corrected chi connectivity index (χ0v) is 18.7. The fraction of sp³-hybridized carbons (Fsp3) is 0.350. The average Bonchev–Trinajstić information content (AvgIpc) is 2.62. The molecule has 0 unspecified atom stereocenters. The molecular formula is C20H27FIN5O. The Hall–Kier alpha value is -2.23. The van der Waals surface area contributed by atoms with Crippen LogP contribution < -0.4 is 16.0 Å². The first-order chi connectivity index (χ1) is 13.0. The first kappa shape index (κ1) is 23.8. The summed E-state index contributed by atoms with van der Waals surface area (Å²) in [7, 11) is 0. The number of guanidine groups is 1. The number of aliphatic imine (C=N–C) groups is 1. The van der Waals surface area contributed by atoms with Gasteiger partial charge in [-0.15, -0.1) is 24.0 Å². The molecule has 8 heteroatoms. The number of aromatic nitrogens is 1. The smallest absolute Gasteiger partial charge is 0.227 e. The van der Waals surface area contributed by atoms with Crippen LogP contribution in [-0.2, 0) is 11.3 Å². The Morgan fingerprint density at radius 2 is 1.96 bits per heavy atom. The molecule has 152 valence electrons. The van der Waals surface area contributed by atoms with Crippen LogP contribution >= 0.6 is 24.0 Å². The van der Waals surface area contributed by atoms with E-state index in [2.05, 4.69) is 25.9 Å². The van der Waals surface area contributed by atoms with E-state index in [4.69, 9.17) is 0 Å². The van der Waals surface area contributed by atoms with E-state index in [-0.39, 0.29) is 42.1 Å². The molecule has 28 heavy (non-hydrogen) atoms. The molecule has 0 aliphatic carbocycles. The molecular weight excluding hydrogens is 472 g/mol. The van der Waals surface area contributed by atoms with Gasteiger partial charge in [0.1, 0.15) is 11.6 Å². The second-order valence-corrected chi connectivity index (χ2v) is 6.17. The van der Waals surface area contributed by atoms with E-state index in [0.29, 0.717) is 37.0 Å². The van der Waals surface area contributed by atoms with Crippen LogP contribution in [0.1, 0.15) is 30.2 Å². The second kappa shape index (κ2) is 12.3. The highest BCUT2D eigenvalue weighted by Gasteiger charge is 2.05. The van der Waals surface area contributed by atoms with E-state index in [1.165, 1.54) is 6.07 Å². The van der Waals surface area contributed by atoms with Crippen molar-refractivity contribution in [3.05, 3.63) is 59.0 Å². The Labute approximate surface area is 182 Å². The number of carbonyl (C=O) groups excluding carboxylic acids is 1. The molecule has 0 bridgehead atoms. The third-order valence-corrected chi connectivity index (χ3v) is 3.80. The largest absolute Gasteiger partial charge is 0.357 e. The number of aryl methyl sites for hydroxylation is 2. The maximum atomic E-state index is 13.6. The van der Waals surface area contributed by atoms with Crippen molar-refractivity contribution in [2.24, 2.45) is 4.99 Å². The summed E-state index contributed by atoms with van der Waals surface area (Å²) < 4.78 is 13.6. The van der Waals surface area contributed by atoms with Gasteiger partial charge < -0.3 is 16.0 Å². The second-order valence-electron chi connectivity index (χ2n) is 6.17. The van der Waals surface area contributed by atoms with Gasteiger partial charge in [-0.1, -0.05) is 18.2 Å². The number of halogens is 2. The van der Waals surface area contributed by atoms with E-state index >= 15 is 0 Å². The topological polar surface area (TPSA) is 78.4 Å². The monoisotopic (exact) mass is 499 g/mol. The highest BCUT2D eigenvalue weighted by atomic mass is 127. The molecule has 2 rings (SSSR count). The number of benzene rings is 1. The fourth-order valence-electron chi connectivity index (χ4n) is 2.36. The molecule has 0 aliphatic rings. The summed E-state index contributed by atoms with van der Waals surface area (Å²) in [6.07, 6.45) is 0.277. The number of nitrogens with zero attached hydrogens (tertiary/aromatic N) is 2. The van der Waals surface area contributed by atoms with Crippen molar-refractivity contribution >= 4 is 41.7 Å². The normalized spacial score (nSPS) is 10.8. The predicted octanol–water partition coefficient (Wildman–Crippen LogP) is 3.54. The summed E-state index contributed by atoms with van der Waals surface area (Å²) in [5.74, 6) is 0.765. The van der Waals surface area contributed by atoms with Gasteiger partial charge in [0.25, 0.3) is 0 Å². The maximum Gasteiger partial charge on any atom is 0.227 e. The standard InChI is InChI=1S/C20H26FN5O.HI/c1-4-22-20(24-13-16-9-8-14(2)17(21)12-16)23-11-10-19(27)26-18-7-5-6-15(3)25-18;/h5-9,12H,4,10-11,13H2,1-3H3,(H2,22,23,24)(H,25,26,27);1H. The van der Waals surface area contributed by atoms with Crippen LogP contribution in [0.15, 0.2) is 41.4 Å². The highest BCUT2D eigenvalue weighted by molar-refractivity contribution is 14.0. The lowest BCUT2D eigenvalue weighted by atomic mass is 10.1. The Kier molecular flexibility index (Phi) is 10.4. The number of nitrogens with one attached hydrogen (secondary N) is 3. The molecule has 3 N–H and O–H groups in total. The molecule has 0 atom stereocenters. The van der Waals surface area contributed by atoms with Crippen molar-refractivity contribution < 1.29 is 9.18 Å². The Morgan fingerprint density at radius 1 is 1.18 bits per heavy atom. The lowest BCUT2D eigenvalue weighted by Crippen LogP contribution is -2.38. The highest BCUT2D eigenvalue weighted by Crippen LogP contribution is 2.10. The summed E-state index contributed by atoms with van der Waals surface area (Å²) in [4.78, 5) is 20.7. The van der Waals surface area contributed by atoms with Gasteiger partial charge in [-0.2, -0.15) is 0 Å². The van der Waals surface area contributed by atoms with Crippen LogP contribution in [0.25, 0.3) is 0 Å². The van der Waals surface area contributed by atoms with Crippen LogP contribution in [-0.4, -0.2) is 29.9 Å². The Balaban J connectivity index is 0.00000392. The summed E-state index contributed by atoms with van der Waals surface area (Å²) in [6, 6.07) is 10.6. The van der Waals surface area contributed by atoms with Crippen molar-refractivity contribution in [3.8, 4) is 0 Å². The molecule has 1 aromatic heterocycles. The van der Waals surface area contributed by atoms with E-state index in [9.17, 15) is 9.18 Å². The van der Waals surface area contributed by atoms with Gasteiger partial charge in [0, 0.05) is 25.2 Å². The van der Waals surface area contributed by atoms with Crippen molar-refractivity contribution in [2.45, 2.75) is 33.7 Å². The molecule has 0 aliphatic heterocycles. The maximum absolute atomic E-state index is 13.6. The zero-order chi connectivity index (χ0) is 19.6. The van der Waals surface area contributed by atoms with Crippen molar-refractivity contribution in [1.29, 1.82) is 0 Å². The van der Waals surface area contributed by atoms with E-state index in [0.717, 1.165) is 11.3 Å². The third-order valence-electron chi connectivity index (χ3n) is 3.80. The average molecular weight is 499 g/mol. The third kappa shape index (κ3) is 8.20. The molecule has 0 saturated heterocycles. The van der Waals surface area contributed by atoms with E-state index in [1.54, 1.807) is 19.1 Å². The van der Waals surface area contributed by atoms with Crippen molar-refractivity contribution in [3.63, 3.8) is 0 Å². The number of rotatable bonds is 7. The fourth-order valence-corrected chi connectivity index (χ4v) is 2.36. The van der Waals surface area contributed by atoms with E-state index < -0.39 is 0 Å². The van der Waals surface area contributed by atoms with Crippen molar-refractivity contribution in [2.75, 3.05) is 18.4 Å².